The van der Waals surface area contributed by atoms with Crippen LogP contribution in [0.25, 0.3) is 0 Å². The van der Waals surface area contributed by atoms with Gasteiger partial charge in [0.25, 0.3) is 0 Å². The molecule has 1 unspecified atom stereocenters. The SMILES string of the molecule is Cc1[nH]nc(CO)c1S(=O)(=O)N(C)C(C)c1cccs1. The van der Waals surface area contributed by atoms with Crippen molar-refractivity contribution in [2.45, 2.75) is 31.4 Å². The van der Waals surface area contributed by atoms with Gasteiger partial charge in [-0.25, -0.2) is 8.42 Å². The van der Waals surface area contributed by atoms with Crippen LogP contribution in [-0.2, 0) is 16.6 Å². The van der Waals surface area contributed by atoms with Crippen molar-refractivity contribution < 1.29 is 13.5 Å². The van der Waals surface area contributed by atoms with Crippen LogP contribution < -0.4 is 0 Å². The second kappa shape index (κ2) is 5.65. The lowest BCUT2D eigenvalue weighted by Crippen LogP contribution is -2.30. The largest absolute Gasteiger partial charge is 0.390 e. The maximum atomic E-state index is 12.7. The second-order valence-electron chi connectivity index (χ2n) is 4.50. The molecule has 2 N–H and O–H groups in total. The van der Waals surface area contributed by atoms with E-state index in [-0.39, 0.29) is 16.6 Å². The minimum absolute atomic E-state index is 0.0610. The molecule has 0 spiro atoms. The summed E-state index contributed by atoms with van der Waals surface area (Å²) < 4.78 is 26.7. The molecule has 0 aliphatic carbocycles. The van der Waals surface area contributed by atoms with Crippen molar-refractivity contribution in [2.24, 2.45) is 0 Å². The van der Waals surface area contributed by atoms with E-state index < -0.39 is 16.6 Å². The van der Waals surface area contributed by atoms with Gasteiger partial charge in [-0.3, -0.25) is 5.10 Å². The van der Waals surface area contributed by atoms with Crippen molar-refractivity contribution in [2.75, 3.05) is 7.05 Å². The molecule has 0 amide bonds. The number of aliphatic hydroxyl groups excluding tert-OH is 1. The number of nitrogens with one attached hydrogen (secondary N) is 1. The van der Waals surface area contributed by atoms with E-state index >= 15 is 0 Å². The lowest BCUT2D eigenvalue weighted by atomic mass is 10.3. The lowest BCUT2D eigenvalue weighted by molar-refractivity contribution is 0.273. The first kappa shape index (κ1) is 15.2. The van der Waals surface area contributed by atoms with Gasteiger partial charge in [0, 0.05) is 11.9 Å². The van der Waals surface area contributed by atoms with Crippen molar-refractivity contribution in [3.63, 3.8) is 0 Å². The number of aryl methyl sites for hydroxylation is 1. The Kier molecular flexibility index (Phi) is 4.28. The summed E-state index contributed by atoms with van der Waals surface area (Å²) in [6.45, 7) is 3.04. The lowest BCUT2D eigenvalue weighted by Gasteiger charge is -2.23. The maximum absolute atomic E-state index is 12.7. The van der Waals surface area contributed by atoms with Crippen LogP contribution in [0.1, 0.15) is 29.2 Å². The topological polar surface area (TPSA) is 86.3 Å². The molecule has 0 radical (unpaired) electrons. The Morgan fingerprint density at radius 3 is 2.80 bits per heavy atom. The highest BCUT2D eigenvalue weighted by molar-refractivity contribution is 7.89. The molecule has 0 aromatic carbocycles. The molecule has 0 saturated carbocycles. The van der Waals surface area contributed by atoms with Crippen molar-refractivity contribution in [1.82, 2.24) is 14.5 Å². The van der Waals surface area contributed by atoms with Gasteiger partial charge in [-0.2, -0.15) is 9.40 Å². The molecule has 6 nitrogen and oxygen atoms in total. The third-order valence-corrected chi connectivity index (χ3v) is 6.42. The van der Waals surface area contributed by atoms with E-state index in [1.165, 1.54) is 22.7 Å². The summed E-state index contributed by atoms with van der Waals surface area (Å²) >= 11 is 1.51. The molecule has 8 heteroatoms. The fourth-order valence-corrected chi connectivity index (χ4v) is 4.53. The molecule has 0 fully saturated rings. The van der Waals surface area contributed by atoms with Crippen LogP contribution in [0.3, 0.4) is 0 Å². The van der Waals surface area contributed by atoms with Gasteiger partial charge < -0.3 is 5.11 Å². The van der Waals surface area contributed by atoms with Crippen LogP contribution in [0.2, 0.25) is 0 Å². The van der Waals surface area contributed by atoms with Gasteiger partial charge in [-0.15, -0.1) is 11.3 Å². The van der Waals surface area contributed by atoms with Crippen molar-refractivity contribution in [3.8, 4) is 0 Å². The van der Waals surface area contributed by atoms with Gasteiger partial charge >= 0.3 is 0 Å². The number of rotatable bonds is 5. The molecule has 20 heavy (non-hydrogen) atoms. The summed E-state index contributed by atoms with van der Waals surface area (Å²) in [5, 5.41) is 17.6. The van der Waals surface area contributed by atoms with Crippen molar-refractivity contribution in [3.05, 3.63) is 33.8 Å². The van der Waals surface area contributed by atoms with E-state index in [1.54, 1.807) is 6.92 Å². The molecule has 2 rings (SSSR count). The van der Waals surface area contributed by atoms with E-state index in [9.17, 15) is 13.5 Å². The predicted molar refractivity (Wildman–Crippen MR) is 76.9 cm³/mol. The highest BCUT2D eigenvalue weighted by Gasteiger charge is 2.31. The van der Waals surface area contributed by atoms with E-state index in [1.807, 2.05) is 24.4 Å². The average Bonchev–Trinajstić information content (AvgIpc) is 3.05. The normalized spacial score (nSPS) is 13.8. The number of sulfonamides is 1. The quantitative estimate of drug-likeness (QED) is 0.878. The molecule has 0 saturated heterocycles. The zero-order valence-electron chi connectivity index (χ0n) is 11.5. The number of nitrogens with zero attached hydrogens (tertiary/aromatic N) is 2. The Morgan fingerprint density at radius 2 is 2.25 bits per heavy atom. The van der Waals surface area contributed by atoms with Gasteiger partial charge in [-0.05, 0) is 25.3 Å². The second-order valence-corrected chi connectivity index (χ2v) is 7.41. The fraction of sp³-hybridized carbons (Fsp3) is 0.417. The van der Waals surface area contributed by atoms with Crippen LogP contribution in [-0.4, -0.2) is 35.1 Å². The number of hydrogen-bond donors (Lipinski definition) is 2. The molecule has 2 aromatic rings. The molecule has 0 aliphatic rings. The zero-order valence-corrected chi connectivity index (χ0v) is 13.1. The summed E-state index contributed by atoms with van der Waals surface area (Å²) in [4.78, 5) is 1.02. The molecule has 2 aromatic heterocycles. The Morgan fingerprint density at radius 1 is 1.55 bits per heavy atom. The number of thiophene rings is 1. The number of H-pyrrole nitrogens is 1. The summed E-state index contributed by atoms with van der Waals surface area (Å²) in [5.74, 6) is 0. The molecule has 2 heterocycles. The van der Waals surface area contributed by atoms with Crippen LogP contribution in [0.15, 0.2) is 22.4 Å². The first-order chi connectivity index (χ1) is 9.39. The van der Waals surface area contributed by atoms with Crippen LogP contribution in [0.4, 0.5) is 0 Å². The van der Waals surface area contributed by atoms with Crippen LogP contribution in [0.5, 0.6) is 0 Å². The van der Waals surface area contributed by atoms with Gasteiger partial charge in [0.2, 0.25) is 10.0 Å². The number of aliphatic hydroxyl groups is 1. The molecule has 1 atom stereocenters. The first-order valence-electron chi connectivity index (χ1n) is 6.05. The summed E-state index contributed by atoms with van der Waals surface area (Å²) in [7, 11) is -2.17. The molecule has 0 aliphatic heterocycles. The number of hydrogen-bond acceptors (Lipinski definition) is 5. The Balaban J connectivity index is 2.42. The average molecular weight is 315 g/mol. The van der Waals surface area contributed by atoms with E-state index in [0.29, 0.717) is 5.69 Å². The third kappa shape index (κ3) is 2.51. The van der Waals surface area contributed by atoms with Gasteiger partial charge in [0.15, 0.2) is 0 Å². The predicted octanol–water partition coefficient (Wildman–Crippen LogP) is 1.65. The smallest absolute Gasteiger partial charge is 0.247 e. The fourth-order valence-electron chi connectivity index (χ4n) is 1.98. The van der Waals surface area contributed by atoms with Crippen LogP contribution >= 0.6 is 11.3 Å². The van der Waals surface area contributed by atoms with E-state index in [0.717, 1.165) is 4.88 Å². The summed E-state index contributed by atoms with van der Waals surface area (Å²) in [6, 6.07) is 3.51. The molecular weight excluding hydrogens is 298 g/mol. The highest BCUT2D eigenvalue weighted by Crippen LogP contribution is 2.30. The van der Waals surface area contributed by atoms with Crippen molar-refractivity contribution in [1.29, 1.82) is 0 Å². The van der Waals surface area contributed by atoms with E-state index in [2.05, 4.69) is 10.2 Å². The first-order valence-corrected chi connectivity index (χ1v) is 8.37. The van der Waals surface area contributed by atoms with Gasteiger partial charge in [0.1, 0.15) is 10.6 Å². The Labute approximate surface area is 122 Å². The molecule has 0 bridgehead atoms. The maximum Gasteiger partial charge on any atom is 0.247 e. The Hall–Kier alpha value is -1.22. The van der Waals surface area contributed by atoms with Gasteiger partial charge in [-0.1, -0.05) is 6.07 Å². The number of aromatic nitrogens is 2. The minimum Gasteiger partial charge on any atom is -0.390 e. The van der Waals surface area contributed by atoms with Crippen molar-refractivity contribution >= 4 is 21.4 Å². The van der Waals surface area contributed by atoms with E-state index in [4.69, 9.17) is 0 Å². The van der Waals surface area contributed by atoms with Gasteiger partial charge in [0.05, 0.1) is 18.3 Å². The number of aromatic amines is 1. The zero-order chi connectivity index (χ0) is 14.9. The monoisotopic (exact) mass is 315 g/mol. The van der Waals surface area contributed by atoms with Crippen LogP contribution in [0, 0.1) is 6.92 Å². The minimum atomic E-state index is -3.71. The standard InChI is InChI=1S/C12H17N3O3S2/c1-8-12(10(7-16)14-13-8)20(17,18)15(3)9(2)11-5-4-6-19-11/h4-6,9,16H,7H2,1-3H3,(H,13,14). The highest BCUT2D eigenvalue weighted by atomic mass is 32.2. The Bertz CT molecular complexity index is 677. The summed E-state index contributed by atoms with van der Waals surface area (Å²) in [6.07, 6.45) is 0. The summed E-state index contributed by atoms with van der Waals surface area (Å²) in [5.41, 5.74) is 0.576. The molecular formula is C12H17N3O3S2. The molecule has 110 valence electrons. The third-order valence-electron chi connectivity index (χ3n) is 3.25.